The molecule has 0 saturated heterocycles. The summed E-state index contributed by atoms with van der Waals surface area (Å²) in [5, 5.41) is 12.7. The van der Waals surface area contributed by atoms with E-state index in [1.807, 2.05) is 0 Å². The van der Waals surface area contributed by atoms with Gasteiger partial charge in [-0.3, -0.25) is 4.79 Å². The highest BCUT2D eigenvalue weighted by Crippen LogP contribution is 2.25. The Bertz CT molecular complexity index is 578. The molecular weight excluding hydrogens is 260 g/mol. The van der Waals surface area contributed by atoms with E-state index in [0.717, 1.165) is 10.4 Å². The van der Waals surface area contributed by atoms with Crippen LogP contribution < -0.4 is 5.32 Å². The van der Waals surface area contributed by atoms with Gasteiger partial charge in [-0.05, 0) is 23.6 Å². The first-order valence-electron chi connectivity index (χ1n) is 6.08. The van der Waals surface area contributed by atoms with Gasteiger partial charge in [-0.25, -0.2) is 4.98 Å². The minimum Gasteiger partial charge on any atom is -0.508 e. The Morgan fingerprint density at radius 2 is 2.26 bits per heavy atom. The van der Waals surface area contributed by atoms with Gasteiger partial charge >= 0.3 is 0 Å². The molecule has 0 aliphatic carbocycles. The lowest BCUT2D eigenvalue weighted by atomic mass is 10.1. The fourth-order valence-electron chi connectivity index (χ4n) is 1.63. The molecule has 19 heavy (non-hydrogen) atoms. The van der Waals surface area contributed by atoms with Crippen molar-refractivity contribution in [1.29, 1.82) is 0 Å². The molecule has 0 saturated carbocycles. The Morgan fingerprint density at radius 1 is 1.47 bits per heavy atom. The Balaban J connectivity index is 1.97. The summed E-state index contributed by atoms with van der Waals surface area (Å²) in [6, 6.07) is 6.69. The minimum atomic E-state index is -0.129. The van der Waals surface area contributed by atoms with Crippen molar-refractivity contribution in [2.75, 3.05) is 5.32 Å². The zero-order chi connectivity index (χ0) is 13.8. The van der Waals surface area contributed by atoms with E-state index >= 15 is 0 Å². The zero-order valence-corrected chi connectivity index (χ0v) is 11.7. The van der Waals surface area contributed by atoms with Crippen LogP contribution in [0.15, 0.2) is 30.5 Å². The molecule has 0 aliphatic heterocycles. The maximum atomic E-state index is 11.8. The van der Waals surface area contributed by atoms with Gasteiger partial charge in [0.2, 0.25) is 5.91 Å². The number of rotatable bonds is 4. The quantitative estimate of drug-likeness (QED) is 0.901. The zero-order valence-electron chi connectivity index (χ0n) is 10.9. The normalized spacial score (nSPS) is 10.7. The van der Waals surface area contributed by atoms with Gasteiger partial charge in [0.05, 0.1) is 6.42 Å². The number of nitrogens with zero attached hydrogens (tertiary/aromatic N) is 1. The molecule has 2 aromatic rings. The van der Waals surface area contributed by atoms with E-state index in [9.17, 15) is 9.90 Å². The first-order valence-corrected chi connectivity index (χ1v) is 6.89. The Hall–Kier alpha value is -1.88. The number of aromatic hydroxyl groups is 1. The molecule has 1 aromatic carbocycles. The molecule has 1 amide bonds. The standard InChI is InChI=1S/C14H16N2O2S/c1-9(2)12-8-15-14(19-12)16-13(18)7-10-4-3-5-11(17)6-10/h3-6,8-9,17H,7H2,1-2H3,(H,15,16,18). The van der Waals surface area contributed by atoms with Crippen molar-refractivity contribution in [3.63, 3.8) is 0 Å². The summed E-state index contributed by atoms with van der Waals surface area (Å²) in [5.74, 6) is 0.450. The van der Waals surface area contributed by atoms with Crippen LogP contribution in [0.5, 0.6) is 5.75 Å². The number of anilines is 1. The fraction of sp³-hybridized carbons (Fsp3) is 0.286. The van der Waals surface area contributed by atoms with Crippen molar-refractivity contribution in [3.05, 3.63) is 40.9 Å². The molecule has 2 rings (SSSR count). The minimum absolute atomic E-state index is 0.129. The van der Waals surface area contributed by atoms with Gasteiger partial charge in [0, 0.05) is 11.1 Å². The second kappa shape index (κ2) is 5.84. The molecule has 100 valence electrons. The average molecular weight is 276 g/mol. The van der Waals surface area contributed by atoms with Crippen LogP contribution >= 0.6 is 11.3 Å². The molecule has 0 unspecified atom stereocenters. The number of hydrogen-bond donors (Lipinski definition) is 2. The van der Waals surface area contributed by atoms with Crippen molar-refractivity contribution < 1.29 is 9.90 Å². The van der Waals surface area contributed by atoms with Gasteiger partial charge in [-0.1, -0.05) is 26.0 Å². The number of benzene rings is 1. The van der Waals surface area contributed by atoms with Gasteiger partial charge < -0.3 is 10.4 Å². The van der Waals surface area contributed by atoms with Gasteiger partial charge in [-0.2, -0.15) is 0 Å². The average Bonchev–Trinajstić information content (AvgIpc) is 2.77. The van der Waals surface area contributed by atoms with E-state index in [2.05, 4.69) is 24.1 Å². The Kier molecular flexibility index (Phi) is 4.16. The number of carbonyl (C=O) groups excluding carboxylic acids is 1. The molecule has 0 aliphatic rings. The number of phenolic OH excluding ortho intramolecular Hbond substituents is 1. The van der Waals surface area contributed by atoms with E-state index in [1.165, 1.54) is 11.3 Å². The summed E-state index contributed by atoms with van der Waals surface area (Å²) < 4.78 is 0. The van der Waals surface area contributed by atoms with E-state index in [-0.39, 0.29) is 18.1 Å². The van der Waals surface area contributed by atoms with Crippen LogP contribution in [0, 0.1) is 0 Å². The van der Waals surface area contributed by atoms with Crippen LogP contribution in [0.2, 0.25) is 0 Å². The highest BCUT2D eigenvalue weighted by Gasteiger charge is 2.09. The lowest BCUT2D eigenvalue weighted by Crippen LogP contribution is -2.13. The van der Waals surface area contributed by atoms with Crippen LogP contribution in [0.4, 0.5) is 5.13 Å². The van der Waals surface area contributed by atoms with Gasteiger partial charge in [0.15, 0.2) is 5.13 Å². The predicted molar refractivity (Wildman–Crippen MR) is 76.6 cm³/mol. The van der Waals surface area contributed by atoms with Crippen LogP contribution in [-0.4, -0.2) is 16.0 Å². The predicted octanol–water partition coefficient (Wildman–Crippen LogP) is 3.15. The number of phenols is 1. The van der Waals surface area contributed by atoms with Gasteiger partial charge in [0.25, 0.3) is 0 Å². The number of carbonyl (C=O) groups is 1. The van der Waals surface area contributed by atoms with Crippen LogP contribution in [-0.2, 0) is 11.2 Å². The number of nitrogens with one attached hydrogen (secondary N) is 1. The molecule has 4 nitrogen and oxygen atoms in total. The summed E-state index contributed by atoms with van der Waals surface area (Å²) in [4.78, 5) is 17.2. The molecule has 0 radical (unpaired) electrons. The smallest absolute Gasteiger partial charge is 0.230 e. The summed E-state index contributed by atoms with van der Waals surface area (Å²) in [7, 11) is 0. The van der Waals surface area contributed by atoms with Crippen LogP contribution in [0.25, 0.3) is 0 Å². The molecule has 1 aromatic heterocycles. The molecule has 0 atom stereocenters. The third-order valence-electron chi connectivity index (χ3n) is 2.61. The number of hydrogen-bond acceptors (Lipinski definition) is 4. The summed E-state index contributed by atoms with van der Waals surface area (Å²) >= 11 is 1.49. The molecule has 5 heteroatoms. The maximum Gasteiger partial charge on any atom is 0.230 e. The number of thiazole rings is 1. The topological polar surface area (TPSA) is 62.2 Å². The number of amides is 1. The van der Waals surface area contributed by atoms with Crippen molar-refractivity contribution in [3.8, 4) is 5.75 Å². The van der Waals surface area contributed by atoms with E-state index in [1.54, 1.807) is 30.5 Å². The molecule has 0 spiro atoms. The highest BCUT2D eigenvalue weighted by atomic mass is 32.1. The lowest BCUT2D eigenvalue weighted by molar-refractivity contribution is -0.115. The van der Waals surface area contributed by atoms with Gasteiger partial charge in [0.1, 0.15) is 5.75 Å². The molecule has 2 N–H and O–H groups in total. The summed E-state index contributed by atoms with van der Waals surface area (Å²) in [6.07, 6.45) is 2.02. The number of aromatic nitrogens is 1. The third kappa shape index (κ3) is 3.79. The Morgan fingerprint density at radius 3 is 2.89 bits per heavy atom. The van der Waals surface area contributed by atoms with Crippen LogP contribution in [0.1, 0.15) is 30.2 Å². The second-order valence-electron chi connectivity index (χ2n) is 4.62. The van der Waals surface area contributed by atoms with Crippen molar-refractivity contribution >= 4 is 22.4 Å². The van der Waals surface area contributed by atoms with Crippen LogP contribution in [0.3, 0.4) is 0 Å². The van der Waals surface area contributed by atoms with Crippen molar-refractivity contribution in [2.24, 2.45) is 0 Å². The fourth-order valence-corrected chi connectivity index (χ4v) is 2.46. The van der Waals surface area contributed by atoms with E-state index < -0.39 is 0 Å². The van der Waals surface area contributed by atoms with E-state index in [4.69, 9.17) is 0 Å². The van der Waals surface area contributed by atoms with Crippen molar-refractivity contribution in [1.82, 2.24) is 4.98 Å². The second-order valence-corrected chi connectivity index (χ2v) is 5.68. The molecule has 0 bridgehead atoms. The molecule has 1 heterocycles. The molecular formula is C14H16N2O2S. The maximum absolute atomic E-state index is 11.8. The SMILES string of the molecule is CC(C)c1cnc(NC(=O)Cc2cccc(O)c2)s1. The third-order valence-corrected chi connectivity index (χ3v) is 3.83. The summed E-state index contributed by atoms with van der Waals surface area (Å²) in [6.45, 7) is 4.18. The Labute approximate surface area is 116 Å². The monoisotopic (exact) mass is 276 g/mol. The van der Waals surface area contributed by atoms with Crippen molar-refractivity contribution in [2.45, 2.75) is 26.2 Å². The largest absolute Gasteiger partial charge is 0.508 e. The first-order chi connectivity index (χ1) is 9.04. The summed E-state index contributed by atoms with van der Waals surface area (Å²) in [5.41, 5.74) is 0.776. The lowest BCUT2D eigenvalue weighted by Gasteiger charge is -2.02. The highest BCUT2D eigenvalue weighted by molar-refractivity contribution is 7.15. The molecule has 0 fully saturated rings. The first kappa shape index (κ1) is 13.5. The van der Waals surface area contributed by atoms with Gasteiger partial charge in [-0.15, -0.1) is 11.3 Å². The van der Waals surface area contributed by atoms with E-state index in [0.29, 0.717) is 11.0 Å².